The van der Waals surface area contributed by atoms with Crippen molar-refractivity contribution in [3.63, 3.8) is 0 Å². The number of aliphatic hydroxyl groups excluding tert-OH is 1. The number of nitrogens with zero attached hydrogens (tertiary/aromatic N) is 3. The molecule has 2 aromatic carbocycles. The highest BCUT2D eigenvalue weighted by Crippen LogP contribution is 2.34. The summed E-state index contributed by atoms with van der Waals surface area (Å²) in [5.41, 5.74) is 2.42. The van der Waals surface area contributed by atoms with Gasteiger partial charge in [-0.2, -0.15) is 4.31 Å². The molecule has 1 aliphatic heterocycles. The summed E-state index contributed by atoms with van der Waals surface area (Å²) >= 11 is 0. The molecule has 0 aliphatic carbocycles. The minimum atomic E-state index is -3.92. The van der Waals surface area contributed by atoms with E-state index < -0.39 is 16.1 Å². The summed E-state index contributed by atoms with van der Waals surface area (Å²) in [6.07, 6.45) is 3.26. The first-order chi connectivity index (χ1) is 18.7. The fraction of sp³-hybridized carbons (Fsp3) is 0.367. The zero-order valence-corrected chi connectivity index (χ0v) is 23.6. The van der Waals surface area contributed by atoms with Gasteiger partial charge in [-0.3, -0.25) is 9.88 Å². The predicted octanol–water partition coefficient (Wildman–Crippen LogP) is 3.39. The Bertz CT molecular complexity index is 1440. The fourth-order valence-electron chi connectivity index (χ4n) is 4.58. The summed E-state index contributed by atoms with van der Waals surface area (Å²) in [6.45, 7) is 4.87. The summed E-state index contributed by atoms with van der Waals surface area (Å²) in [4.78, 5) is 6.40. The summed E-state index contributed by atoms with van der Waals surface area (Å²) in [5.74, 6) is 7.00. The standard InChI is InChI=1S/C30H35N3O5S/c1-22-18-33(23(2)21-34)39(35,36)30-14-12-24(11-13-26-9-5-6-10-27(26)37-4)16-28(30)38-29(22)20-32(3)19-25-8-7-15-31-17-25/h5-10,12,14-17,22-23,29,34H,18-21H2,1-4H3/t22-,23-,29-/m0/s1. The Hall–Kier alpha value is -3.42. The maximum absolute atomic E-state index is 13.7. The molecule has 1 aliphatic rings. The zero-order valence-electron chi connectivity index (χ0n) is 22.7. The SMILES string of the molecule is COc1ccccc1C#Cc1ccc2c(c1)O[C@@H](CN(C)Cc1cccnc1)[C@@H](C)CN([C@@H](C)CO)S2(=O)=O. The summed E-state index contributed by atoms with van der Waals surface area (Å²) in [6, 6.07) is 15.7. The van der Waals surface area contributed by atoms with Crippen LogP contribution in [0.5, 0.6) is 11.5 Å². The number of rotatable bonds is 7. The topological polar surface area (TPSA) is 92.2 Å². The highest BCUT2D eigenvalue weighted by atomic mass is 32.2. The normalized spacial score (nSPS) is 19.5. The molecule has 1 N–H and O–H groups in total. The number of para-hydroxylation sites is 1. The van der Waals surface area contributed by atoms with Crippen LogP contribution in [0.2, 0.25) is 0 Å². The maximum Gasteiger partial charge on any atom is 0.247 e. The fourth-order valence-corrected chi connectivity index (χ4v) is 6.41. The molecule has 0 amide bonds. The quantitative estimate of drug-likeness (QED) is 0.452. The lowest BCUT2D eigenvalue weighted by Crippen LogP contribution is -2.49. The Morgan fingerprint density at radius 1 is 1.21 bits per heavy atom. The van der Waals surface area contributed by atoms with Crippen molar-refractivity contribution in [2.75, 3.05) is 33.9 Å². The minimum Gasteiger partial charge on any atom is -0.495 e. The molecule has 3 atom stereocenters. The number of aromatic nitrogens is 1. The molecule has 0 spiro atoms. The average Bonchev–Trinajstić information content (AvgIpc) is 2.94. The molecule has 8 nitrogen and oxygen atoms in total. The molecule has 0 unspecified atom stereocenters. The van der Waals surface area contributed by atoms with Crippen molar-refractivity contribution in [1.29, 1.82) is 0 Å². The highest BCUT2D eigenvalue weighted by Gasteiger charge is 2.38. The molecule has 206 valence electrons. The number of methoxy groups -OCH3 is 1. The molecule has 0 saturated heterocycles. The second-order valence-corrected chi connectivity index (χ2v) is 11.8. The van der Waals surface area contributed by atoms with Crippen molar-refractivity contribution in [1.82, 2.24) is 14.2 Å². The molecule has 4 rings (SSSR count). The van der Waals surface area contributed by atoms with Crippen LogP contribution in [-0.4, -0.2) is 73.7 Å². The Morgan fingerprint density at radius 3 is 2.72 bits per heavy atom. The Morgan fingerprint density at radius 2 is 2.00 bits per heavy atom. The summed E-state index contributed by atoms with van der Waals surface area (Å²) < 4.78 is 40.7. The van der Waals surface area contributed by atoms with Crippen LogP contribution in [-0.2, 0) is 16.6 Å². The molecule has 0 fully saturated rings. The second kappa shape index (κ2) is 12.6. The number of ether oxygens (including phenoxy) is 2. The molecule has 0 bridgehead atoms. The van der Waals surface area contributed by atoms with Gasteiger partial charge in [0.2, 0.25) is 10.0 Å². The monoisotopic (exact) mass is 549 g/mol. The number of benzene rings is 2. The molecule has 0 radical (unpaired) electrons. The minimum absolute atomic E-state index is 0.0671. The number of fused-ring (bicyclic) bond motifs is 1. The second-order valence-electron chi connectivity index (χ2n) is 9.91. The van der Waals surface area contributed by atoms with E-state index in [2.05, 4.69) is 21.7 Å². The zero-order chi connectivity index (χ0) is 28.0. The molecule has 1 aromatic heterocycles. The van der Waals surface area contributed by atoms with Gasteiger partial charge in [-0.1, -0.05) is 37.0 Å². The van der Waals surface area contributed by atoms with Crippen LogP contribution in [0.4, 0.5) is 0 Å². The van der Waals surface area contributed by atoms with Crippen molar-refractivity contribution < 1.29 is 23.0 Å². The van der Waals surface area contributed by atoms with Crippen molar-refractivity contribution in [2.45, 2.75) is 37.4 Å². The van der Waals surface area contributed by atoms with Gasteiger partial charge in [0, 0.05) is 49.6 Å². The molecule has 3 aromatic rings. The van der Waals surface area contributed by atoms with Crippen LogP contribution in [0.3, 0.4) is 0 Å². The van der Waals surface area contributed by atoms with Gasteiger partial charge in [0.1, 0.15) is 22.5 Å². The van der Waals surface area contributed by atoms with Crippen LogP contribution in [0, 0.1) is 17.8 Å². The van der Waals surface area contributed by atoms with E-state index in [1.54, 1.807) is 38.4 Å². The molecule has 2 heterocycles. The number of sulfonamides is 1. The third-order valence-corrected chi connectivity index (χ3v) is 8.80. The van der Waals surface area contributed by atoms with Crippen molar-refractivity contribution in [3.8, 4) is 23.3 Å². The van der Waals surface area contributed by atoms with Gasteiger partial charge in [-0.05, 0) is 55.9 Å². The van der Waals surface area contributed by atoms with Gasteiger partial charge in [0.25, 0.3) is 0 Å². The maximum atomic E-state index is 13.7. The summed E-state index contributed by atoms with van der Waals surface area (Å²) in [7, 11) is -0.327. The van der Waals surface area contributed by atoms with E-state index in [0.717, 1.165) is 11.1 Å². The van der Waals surface area contributed by atoms with Crippen LogP contribution in [0.1, 0.15) is 30.5 Å². The van der Waals surface area contributed by atoms with E-state index in [9.17, 15) is 13.5 Å². The van der Waals surface area contributed by atoms with E-state index in [1.165, 1.54) is 4.31 Å². The first kappa shape index (κ1) is 28.6. The largest absolute Gasteiger partial charge is 0.495 e. The summed E-state index contributed by atoms with van der Waals surface area (Å²) in [5, 5.41) is 9.88. The number of aliphatic hydroxyl groups is 1. The van der Waals surface area contributed by atoms with Crippen LogP contribution >= 0.6 is 0 Å². The van der Waals surface area contributed by atoms with Crippen LogP contribution in [0.25, 0.3) is 0 Å². The first-order valence-electron chi connectivity index (χ1n) is 12.9. The average molecular weight is 550 g/mol. The lowest BCUT2D eigenvalue weighted by Gasteiger charge is -2.37. The molecule has 9 heteroatoms. The Labute approximate surface area is 231 Å². The molecule has 0 saturated carbocycles. The van der Waals surface area contributed by atoms with Crippen molar-refractivity contribution in [3.05, 3.63) is 83.7 Å². The number of pyridine rings is 1. The number of hydrogen-bond donors (Lipinski definition) is 1. The molecular weight excluding hydrogens is 514 g/mol. The Kier molecular flexibility index (Phi) is 9.25. The smallest absolute Gasteiger partial charge is 0.247 e. The van der Waals surface area contributed by atoms with Crippen molar-refractivity contribution in [2.24, 2.45) is 5.92 Å². The van der Waals surface area contributed by atoms with E-state index in [-0.39, 0.29) is 35.8 Å². The van der Waals surface area contributed by atoms with Gasteiger partial charge in [-0.15, -0.1) is 0 Å². The van der Waals surface area contributed by atoms with Gasteiger partial charge >= 0.3 is 0 Å². The Balaban J connectivity index is 1.71. The van der Waals surface area contributed by atoms with Crippen LogP contribution in [0.15, 0.2) is 71.9 Å². The number of likely N-dealkylation sites (N-methyl/N-ethyl adjacent to an activating group) is 1. The van der Waals surface area contributed by atoms with Crippen LogP contribution < -0.4 is 9.47 Å². The lowest BCUT2D eigenvalue weighted by molar-refractivity contribution is 0.0733. The van der Waals surface area contributed by atoms with E-state index >= 15 is 0 Å². The van der Waals surface area contributed by atoms with Gasteiger partial charge < -0.3 is 14.6 Å². The van der Waals surface area contributed by atoms with Crippen molar-refractivity contribution >= 4 is 10.0 Å². The van der Waals surface area contributed by atoms with E-state index in [1.807, 2.05) is 56.6 Å². The first-order valence-corrected chi connectivity index (χ1v) is 14.3. The highest BCUT2D eigenvalue weighted by molar-refractivity contribution is 7.89. The van der Waals surface area contributed by atoms with Gasteiger partial charge in [-0.25, -0.2) is 8.42 Å². The third kappa shape index (κ3) is 6.78. The predicted molar refractivity (Wildman–Crippen MR) is 150 cm³/mol. The number of hydrogen-bond acceptors (Lipinski definition) is 7. The molecular formula is C30H35N3O5S. The van der Waals surface area contributed by atoms with Gasteiger partial charge in [0.15, 0.2) is 0 Å². The van der Waals surface area contributed by atoms with Gasteiger partial charge in [0.05, 0.1) is 19.3 Å². The van der Waals surface area contributed by atoms with E-state index in [0.29, 0.717) is 24.4 Å². The third-order valence-electron chi connectivity index (χ3n) is 6.78. The molecule has 39 heavy (non-hydrogen) atoms. The lowest BCUT2D eigenvalue weighted by atomic mass is 10.0. The van der Waals surface area contributed by atoms with E-state index in [4.69, 9.17) is 9.47 Å².